The van der Waals surface area contributed by atoms with Crippen LogP contribution in [0.2, 0.25) is 0 Å². The quantitative estimate of drug-likeness (QED) is 0.137. The number of aliphatic hydroxyl groups is 2. The maximum Gasteiger partial charge on any atom is 0.317 e. The predicted octanol–water partition coefficient (Wildman–Crippen LogP) is 7.58. The van der Waals surface area contributed by atoms with E-state index in [0.717, 1.165) is 48.8 Å². The van der Waals surface area contributed by atoms with Crippen molar-refractivity contribution in [2.24, 2.45) is 33.5 Å². The first-order valence-electron chi connectivity index (χ1n) is 18.9. The molecule has 0 heterocycles. The zero-order valence-electron chi connectivity index (χ0n) is 30.6. The fraction of sp³-hybridized carbons (Fsp3) is 0.581. The fourth-order valence-electron chi connectivity index (χ4n) is 11.5. The number of urea groups is 1. The summed E-state index contributed by atoms with van der Waals surface area (Å²) in [5.41, 5.74) is 1.02. The molecule has 2 amide bonds. The molecular formula is C43H56N2O5. The van der Waals surface area contributed by atoms with Crippen LogP contribution >= 0.6 is 0 Å². The second-order valence-electron chi connectivity index (χ2n) is 17.0. The summed E-state index contributed by atoms with van der Waals surface area (Å²) in [5, 5.41) is 27.0. The second-order valence-corrected chi connectivity index (χ2v) is 17.0. The largest absolute Gasteiger partial charge is 0.393 e. The summed E-state index contributed by atoms with van der Waals surface area (Å²) in [6, 6.07) is 18.1. The molecule has 0 saturated heterocycles. The Hall–Kier alpha value is -3.26. The van der Waals surface area contributed by atoms with E-state index < -0.39 is 22.5 Å². The number of hydrogen-bond acceptors (Lipinski definition) is 5. The van der Waals surface area contributed by atoms with Gasteiger partial charge in [0.25, 0.3) is 0 Å². The van der Waals surface area contributed by atoms with Crippen molar-refractivity contribution < 1.29 is 24.5 Å². The number of hydrogen-bond donors (Lipinski definition) is 3. The molecule has 50 heavy (non-hydrogen) atoms. The minimum atomic E-state index is -1.12. The van der Waals surface area contributed by atoms with Crippen LogP contribution in [0, 0.1) is 33.5 Å². The van der Waals surface area contributed by atoms with E-state index >= 15 is 4.79 Å². The Morgan fingerprint density at radius 2 is 1.58 bits per heavy atom. The normalized spacial score (nSPS) is 36.7. The molecule has 0 radical (unpaired) electrons. The molecule has 0 aliphatic heterocycles. The van der Waals surface area contributed by atoms with Gasteiger partial charge in [0.1, 0.15) is 0 Å². The van der Waals surface area contributed by atoms with Gasteiger partial charge in [0.05, 0.1) is 18.2 Å². The highest BCUT2D eigenvalue weighted by atomic mass is 16.5. The van der Waals surface area contributed by atoms with E-state index in [0.29, 0.717) is 38.0 Å². The number of aliphatic hydroxyl groups excluding tert-OH is 1. The number of methoxy groups -OCH3 is 1. The maximum absolute atomic E-state index is 15.0. The van der Waals surface area contributed by atoms with Crippen LogP contribution in [-0.4, -0.2) is 71.5 Å². The molecule has 6 aliphatic rings. The number of fused-ring (bicyclic) bond motifs is 1. The zero-order valence-corrected chi connectivity index (χ0v) is 30.6. The average molecular weight is 681 g/mol. The van der Waals surface area contributed by atoms with Crippen molar-refractivity contribution >= 4 is 11.8 Å². The van der Waals surface area contributed by atoms with Crippen LogP contribution in [0.4, 0.5) is 4.79 Å². The van der Waals surface area contributed by atoms with Gasteiger partial charge in [0, 0.05) is 53.7 Å². The van der Waals surface area contributed by atoms with Gasteiger partial charge in [-0.15, -0.1) is 0 Å². The van der Waals surface area contributed by atoms with Gasteiger partial charge in [-0.25, -0.2) is 4.79 Å². The summed E-state index contributed by atoms with van der Waals surface area (Å²) in [5.74, 6) is 0.282. The van der Waals surface area contributed by atoms with Crippen LogP contribution in [-0.2, 0) is 4.74 Å². The van der Waals surface area contributed by atoms with Crippen molar-refractivity contribution in [1.29, 1.82) is 0 Å². The van der Waals surface area contributed by atoms with Crippen molar-refractivity contribution in [1.82, 2.24) is 10.2 Å². The molecule has 6 aliphatic carbocycles. The van der Waals surface area contributed by atoms with Gasteiger partial charge >= 0.3 is 6.03 Å². The molecule has 268 valence electrons. The van der Waals surface area contributed by atoms with Crippen molar-refractivity contribution in [3.8, 4) is 11.1 Å². The number of Topliss-reactive ketones (excluding diaryl/α,β-unsaturated/α-hetero) is 1. The number of ketones is 1. The number of amides is 2. The Bertz CT molecular complexity index is 1670. The van der Waals surface area contributed by atoms with Crippen LogP contribution in [0.25, 0.3) is 11.1 Å². The third kappa shape index (κ3) is 5.25. The topological polar surface area (TPSA) is 99.1 Å². The highest BCUT2D eigenvalue weighted by Gasteiger charge is 2.74. The first-order chi connectivity index (χ1) is 23.8. The number of rotatable bonds is 10. The molecule has 7 nitrogen and oxygen atoms in total. The molecule has 0 aromatic heterocycles. The summed E-state index contributed by atoms with van der Waals surface area (Å²) in [6.45, 7) is 9.83. The van der Waals surface area contributed by atoms with Gasteiger partial charge in [-0.1, -0.05) is 86.7 Å². The number of ether oxygens (including phenoxy) is 1. The summed E-state index contributed by atoms with van der Waals surface area (Å²) in [7, 11) is 1.67. The van der Waals surface area contributed by atoms with E-state index in [-0.39, 0.29) is 47.1 Å². The first-order valence-corrected chi connectivity index (χ1v) is 18.9. The predicted molar refractivity (Wildman–Crippen MR) is 197 cm³/mol. The second kappa shape index (κ2) is 12.8. The standard InChI is InChI=1S/C43H56N2O5/c1-29(2)44-38(48)45(24-9-25-50-5)28-42(49)21-18-36-40(42,4)20-17-35-39(3)19-16-33(46)26-41(39)22-23-43(35,36)34(27-41)37(47)32-14-12-31(13-15-32)30-10-7-6-8-11-30/h6-8,10-15,22-23,27,29,33,35-36,46,49H,9,16-21,24-26,28H2,1-5H3,(H,44,48). The fourth-order valence-corrected chi connectivity index (χ4v) is 11.5. The van der Waals surface area contributed by atoms with Gasteiger partial charge < -0.3 is 25.2 Å². The SMILES string of the molecule is COCCCN(CC1(O)CCC2C34C=CC5(C=C3C(=O)c3ccc(-c6ccccc6)cc3)CC(O)CCC5(C)C4CCC21C)C(=O)NC(C)C. The Morgan fingerprint density at radius 3 is 2.28 bits per heavy atom. The van der Waals surface area contributed by atoms with Gasteiger partial charge in [0.15, 0.2) is 5.78 Å². The van der Waals surface area contributed by atoms with E-state index in [4.69, 9.17) is 4.74 Å². The molecular weight excluding hydrogens is 624 g/mol. The van der Waals surface area contributed by atoms with E-state index in [1.165, 1.54) is 0 Å². The lowest BCUT2D eigenvalue weighted by molar-refractivity contribution is -0.174. The van der Waals surface area contributed by atoms with Gasteiger partial charge in [0.2, 0.25) is 0 Å². The molecule has 3 saturated carbocycles. The zero-order chi connectivity index (χ0) is 35.5. The van der Waals surface area contributed by atoms with Gasteiger partial charge in [-0.2, -0.15) is 0 Å². The Kier molecular flexibility index (Phi) is 8.96. The third-order valence-electron chi connectivity index (χ3n) is 14.1. The highest BCUT2D eigenvalue weighted by Crippen LogP contribution is 2.78. The van der Waals surface area contributed by atoms with Crippen LogP contribution < -0.4 is 5.32 Å². The van der Waals surface area contributed by atoms with Crippen LogP contribution in [0.5, 0.6) is 0 Å². The Morgan fingerprint density at radius 1 is 0.920 bits per heavy atom. The summed E-state index contributed by atoms with van der Waals surface area (Å²) >= 11 is 0. The van der Waals surface area contributed by atoms with E-state index in [9.17, 15) is 15.0 Å². The number of allylic oxidation sites excluding steroid dienone is 4. The number of nitrogens with zero attached hydrogens (tertiary/aromatic N) is 1. The molecule has 8 rings (SSSR count). The number of carbonyl (C=O) groups is 2. The minimum Gasteiger partial charge on any atom is -0.393 e. The third-order valence-corrected chi connectivity index (χ3v) is 14.1. The lowest BCUT2D eigenvalue weighted by Gasteiger charge is -2.71. The molecule has 7 heteroatoms. The highest BCUT2D eigenvalue weighted by molar-refractivity contribution is 6.10. The first kappa shape index (κ1) is 35.2. The van der Waals surface area contributed by atoms with E-state index in [2.05, 4.69) is 49.5 Å². The van der Waals surface area contributed by atoms with Crippen LogP contribution in [0.15, 0.2) is 78.4 Å². The molecule has 3 fully saturated rings. The molecule has 3 N–H and O–H groups in total. The van der Waals surface area contributed by atoms with Crippen molar-refractivity contribution in [3.63, 3.8) is 0 Å². The van der Waals surface area contributed by atoms with Crippen molar-refractivity contribution in [2.75, 3.05) is 26.8 Å². The Labute approximate surface area is 298 Å². The monoisotopic (exact) mass is 680 g/mol. The molecule has 2 spiro atoms. The lowest BCUT2D eigenvalue weighted by atomic mass is 9.32. The van der Waals surface area contributed by atoms with Crippen molar-refractivity contribution in [3.05, 3.63) is 84.0 Å². The molecule has 2 bridgehead atoms. The number of nitrogens with one attached hydrogen (secondary N) is 1. The number of benzene rings is 2. The lowest BCUT2D eigenvalue weighted by Crippen LogP contribution is -2.67. The molecule has 2 aromatic rings. The van der Waals surface area contributed by atoms with E-state index in [1.54, 1.807) is 12.0 Å². The molecule has 2 aromatic carbocycles. The van der Waals surface area contributed by atoms with Gasteiger partial charge in [-0.05, 0) is 93.6 Å². The maximum atomic E-state index is 15.0. The van der Waals surface area contributed by atoms with Gasteiger partial charge in [-0.3, -0.25) is 4.79 Å². The van der Waals surface area contributed by atoms with Crippen LogP contribution in [0.3, 0.4) is 0 Å². The summed E-state index contributed by atoms with van der Waals surface area (Å²) < 4.78 is 5.32. The molecule has 8 atom stereocenters. The van der Waals surface area contributed by atoms with E-state index in [1.807, 2.05) is 56.3 Å². The summed E-state index contributed by atoms with van der Waals surface area (Å²) in [4.78, 5) is 30.3. The van der Waals surface area contributed by atoms with Crippen LogP contribution in [0.1, 0.15) is 89.4 Å². The number of carbonyl (C=O) groups excluding carboxylic acids is 2. The smallest absolute Gasteiger partial charge is 0.317 e. The molecule has 8 unspecified atom stereocenters. The summed E-state index contributed by atoms with van der Waals surface area (Å²) in [6.07, 6.45) is 12.6. The van der Waals surface area contributed by atoms with Crippen molar-refractivity contribution in [2.45, 2.75) is 96.8 Å². The Balaban J connectivity index is 1.29. The average Bonchev–Trinajstić information content (AvgIpc) is 3.37. The minimum absolute atomic E-state index is 0.0183.